The average molecular weight is 414 g/mol. The molecule has 19 heavy (non-hydrogen) atoms. The minimum absolute atomic E-state index is 0.0135. The third-order valence-corrected chi connectivity index (χ3v) is 6.52. The van der Waals surface area contributed by atoms with Crippen LogP contribution in [0.1, 0.15) is 26.3 Å². The van der Waals surface area contributed by atoms with Crippen LogP contribution < -0.4 is 4.74 Å². The Labute approximate surface area is 131 Å². The minimum Gasteiger partial charge on any atom is -0.491 e. The number of alkyl halides is 1. The summed E-state index contributed by atoms with van der Waals surface area (Å²) in [5.74, 6) is 0.711. The summed E-state index contributed by atoms with van der Waals surface area (Å²) in [6.07, 6.45) is 0. The summed E-state index contributed by atoms with van der Waals surface area (Å²) in [5.41, 5.74) is 0.988. The Kier molecular flexibility index (Phi) is 5.89. The standard InChI is InChI=1S/C13H18Br2O3S/c1-13(2,3)19(16,17)8-7-18-12-10(9-14)5-4-6-11(12)15/h4-6H,7-9H2,1-3H3. The quantitative estimate of drug-likeness (QED) is 0.686. The Morgan fingerprint density at radius 1 is 1.26 bits per heavy atom. The third kappa shape index (κ3) is 4.46. The first-order valence-electron chi connectivity index (χ1n) is 5.87. The summed E-state index contributed by atoms with van der Waals surface area (Å²) in [7, 11) is -3.15. The highest BCUT2D eigenvalue weighted by Gasteiger charge is 2.28. The fourth-order valence-electron chi connectivity index (χ4n) is 1.38. The minimum atomic E-state index is -3.15. The molecule has 3 nitrogen and oxygen atoms in total. The predicted molar refractivity (Wildman–Crippen MR) is 85.8 cm³/mol. The second-order valence-electron chi connectivity index (χ2n) is 5.14. The first kappa shape index (κ1) is 17.0. The van der Waals surface area contributed by atoms with Gasteiger partial charge in [0.1, 0.15) is 12.4 Å². The van der Waals surface area contributed by atoms with Gasteiger partial charge in [-0.25, -0.2) is 8.42 Å². The van der Waals surface area contributed by atoms with E-state index in [1.54, 1.807) is 20.8 Å². The van der Waals surface area contributed by atoms with E-state index in [2.05, 4.69) is 31.9 Å². The molecule has 1 aromatic carbocycles. The van der Waals surface area contributed by atoms with Crippen LogP contribution in [0.3, 0.4) is 0 Å². The largest absolute Gasteiger partial charge is 0.491 e. The Hall–Kier alpha value is -0.0700. The molecule has 0 bridgehead atoms. The van der Waals surface area contributed by atoms with E-state index in [0.717, 1.165) is 10.0 Å². The molecule has 0 unspecified atom stereocenters. The molecule has 0 amide bonds. The first-order valence-corrected chi connectivity index (χ1v) is 9.44. The Balaban J connectivity index is 2.75. The number of benzene rings is 1. The van der Waals surface area contributed by atoms with Gasteiger partial charge in [0.25, 0.3) is 0 Å². The maximum atomic E-state index is 12.0. The molecule has 0 heterocycles. The van der Waals surface area contributed by atoms with Crippen molar-refractivity contribution in [2.75, 3.05) is 12.4 Å². The normalized spacial score (nSPS) is 12.5. The van der Waals surface area contributed by atoms with Crippen molar-refractivity contribution in [2.45, 2.75) is 30.8 Å². The van der Waals surface area contributed by atoms with E-state index in [0.29, 0.717) is 11.1 Å². The van der Waals surface area contributed by atoms with Crippen LogP contribution in [0.15, 0.2) is 22.7 Å². The third-order valence-electron chi connectivity index (χ3n) is 2.72. The molecule has 0 aliphatic carbocycles. The number of rotatable bonds is 5. The molecule has 0 fully saturated rings. The lowest BCUT2D eigenvalue weighted by Gasteiger charge is -2.19. The number of ether oxygens (including phenoxy) is 1. The van der Waals surface area contributed by atoms with Gasteiger partial charge in [-0.15, -0.1) is 0 Å². The van der Waals surface area contributed by atoms with Gasteiger partial charge in [0.15, 0.2) is 9.84 Å². The molecule has 0 aliphatic rings. The molecule has 0 spiro atoms. The maximum absolute atomic E-state index is 12.0. The van der Waals surface area contributed by atoms with Gasteiger partial charge >= 0.3 is 0 Å². The molecule has 108 valence electrons. The zero-order valence-electron chi connectivity index (χ0n) is 11.2. The second-order valence-corrected chi connectivity index (χ2v) is 9.42. The number of para-hydroxylation sites is 1. The number of halogens is 2. The van der Waals surface area contributed by atoms with Gasteiger partial charge in [-0.2, -0.15) is 0 Å². The van der Waals surface area contributed by atoms with Crippen molar-refractivity contribution < 1.29 is 13.2 Å². The van der Waals surface area contributed by atoms with Crippen LogP contribution in [0.5, 0.6) is 5.75 Å². The van der Waals surface area contributed by atoms with E-state index in [1.165, 1.54) is 0 Å². The summed E-state index contributed by atoms with van der Waals surface area (Å²) in [4.78, 5) is 0. The van der Waals surface area contributed by atoms with Crippen LogP contribution in [0, 0.1) is 0 Å². The van der Waals surface area contributed by atoms with Crippen molar-refractivity contribution in [3.05, 3.63) is 28.2 Å². The van der Waals surface area contributed by atoms with Gasteiger partial charge in [0.05, 0.1) is 15.0 Å². The zero-order valence-corrected chi connectivity index (χ0v) is 15.2. The summed E-state index contributed by atoms with van der Waals surface area (Å²) in [5, 5.41) is 0.661. The van der Waals surface area contributed by atoms with Crippen molar-refractivity contribution >= 4 is 41.7 Å². The molecule has 0 saturated heterocycles. The van der Waals surface area contributed by atoms with Crippen molar-refractivity contribution in [2.24, 2.45) is 0 Å². The molecule has 0 aromatic heterocycles. The van der Waals surface area contributed by atoms with E-state index < -0.39 is 14.6 Å². The van der Waals surface area contributed by atoms with Gasteiger partial charge in [-0.1, -0.05) is 28.1 Å². The van der Waals surface area contributed by atoms with Crippen LogP contribution in [0.4, 0.5) is 0 Å². The predicted octanol–water partition coefficient (Wildman–Crippen LogP) is 3.94. The number of sulfone groups is 1. The Morgan fingerprint density at radius 2 is 1.89 bits per heavy atom. The van der Waals surface area contributed by atoms with Crippen molar-refractivity contribution in [1.29, 1.82) is 0 Å². The van der Waals surface area contributed by atoms with Crippen LogP contribution in [0.25, 0.3) is 0 Å². The van der Waals surface area contributed by atoms with Crippen LogP contribution in [0.2, 0.25) is 0 Å². The number of hydrogen-bond acceptors (Lipinski definition) is 3. The average Bonchev–Trinajstić information content (AvgIpc) is 2.29. The monoisotopic (exact) mass is 412 g/mol. The van der Waals surface area contributed by atoms with Gasteiger partial charge in [0.2, 0.25) is 0 Å². The summed E-state index contributed by atoms with van der Waals surface area (Å²) in [6.45, 7) is 5.25. The maximum Gasteiger partial charge on any atom is 0.158 e. The van der Waals surface area contributed by atoms with E-state index in [-0.39, 0.29) is 12.4 Å². The molecule has 0 radical (unpaired) electrons. The van der Waals surface area contributed by atoms with Crippen LogP contribution in [-0.4, -0.2) is 25.5 Å². The smallest absolute Gasteiger partial charge is 0.158 e. The van der Waals surface area contributed by atoms with E-state index in [9.17, 15) is 8.42 Å². The molecule has 0 saturated carbocycles. The zero-order chi connectivity index (χ0) is 14.7. The lowest BCUT2D eigenvalue weighted by atomic mass is 10.2. The number of hydrogen-bond donors (Lipinski definition) is 0. The molecule has 1 aromatic rings. The van der Waals surface area contributed by atoms with Crippen molar-refractivity contribution in [3.63, 3.8) is 0 Å². The van der Waals surface area contributed by atoms with E-state index >= 15 is 0 Å². The molecular weight excluding hydrogens is 396 g/mol. The Morgan fingerprint density at radius 3 is 2.42 bits per heavy atom. The SMILES string of the molecule is CC(C)(C)S(=O)(=O)CCOc1c(Br)cccc1CBr. The molecular formula is C13H18Br2O3S. The molecule has 6 heteroatoms. The Bertz CT molecular complexity index is 533. The lowest BCUT2D eigenvalue weighted by molar-refractivity contribution is 0.335. The molecule has 0 aliphatic heterocycles. The molecule has 0 atom stereocenters. The van der Waals surface area contributed by atoms with Gasteiger partial charge in [-0.05, 0) is 42.8 Å². The van der Waals surface area contributed by atoms with Gasteiger partial charge < -0.3 is 4.74 Å². The first-order chi connectivity index (χ1) is 8.69. The molecule has 1 rings (SSSR count). The lowest BCUT2D eigenvalue weighted by Crippen LogP contribution is -2.32. The van der Waals surface area contributed by atoms with Crippen molar-refractivity contribution in [3.8, 4) is 5.75 Å². The summed E-state index contributed by atoms with van der Waals surface area (Å²) < 4.78 is 29.7. The topological polar surface area (TPSA) is 43.4 Å². The highest BCUT2D eigenvalue weighted by Crippen LogP contribution is 2.30. The fraction of sp³-hybridized carbons (Fsp3) is 0.538. The highest BCUT2D eigenvalue weighted by molar-refractivity contribution is 9.10. The van der Waals surface area contributed by atoms with Crippen LogP contribution in [-0.2, 0) is 15.2 Å². The summed E-state index contributed by atoms with van der Waals surface area (Å²) in [6, 6.07) is 5.73. The highest BCUT2D eigenvalue weighted by atomic mass is 79.9. The van der Waals surface area contributed by atoms with Gasteiger partial charge in [0, 0.05) is 10.9 Å². The molecule has 0 N–H and O–H groups in total. The van der Waals surface area contributed by atoms with E-state index in [4.69, 9.17) is 4.74 Å². The second kappa shape index (κ2) is 6.59. The van der Waals surface area contributed by atoms with Gasteiger partial charge in [-0.3, -0.25) is 0 Å². The van der Waals surface area contributed by atoms with Crippen LogP contribution >= 0.6 is 31.9 Å². The fourth-order valence-corrected chi connectivity index (χ4v) is 3.26. The summed E-state index contributed by atoms with van der Waals surface area (Å²) >= 11 is 6.80. The van der Waals surface area contributed by atoms with Crippen molar-refractivity contribution in [1.82, 2.24) is 0 Å². The van der Waals surface area contributed by atoms with E-state index in [1.807, 2.05) is 18.2 Å².